The molecule has 0 radical (unpaired) electrons. The number of ketones is 1. The first-order valence-corrected chi connectivity index (χ1v) is 5.63. The van der Waals surface area contributed by atoms with Crippen LogP contribution in [0.2, 0.25) is 0 Å². The minimum Gasteiger partial charge on any atom is -0.872 e. The zero-order chi connectivity index (χ0) is 13.7. The maximum atomic E-state index is 11.9. The molecule has 4 nitrogen and oxygen atoms in total. The van der Waals surface area contributed by atoms with E-state index in [9.17, 15) is 14.7 Å². The van der Waals surface area contributed by atoms with Gasteiger partial charge in [0.1, 0.15) is 0 Å². The third-order valence-electron chi connectivity index (χ3n) is 2.46. The van der Waals surface area contributed by atoms with E-state index in [1.807, 2.05) is 6.92 Å². The van der Waals surface area contributed by atoms with E-state index in [0.29, 0.717) is 5.56 Å². The summed E-state index contributed by atoms with van der Waals surface area (Å²) in [6.07, 6.45) is 0. The van der Waals surface area contributed by atoms with Crippen molar-refractivity contribution in [2.75, 3.05) is 6.61 Å². The van der Waals surface area contributed by atoms with Crippen LogP contribution in [0.4, 0.5) is 0 Å². The first-order chi connectivity index (χ1) is 8.47. The summed E-state index contributed by atoms with van der Waals surface area (Å²) in [5, 5.41) is 11.9. The summed E-state index contributed by atoms with van der Waals surface area (Å²) in [6, 6.07) is 6.80. The molecule has 4 heteroatoms. The highest BCUT2D eigenvalue weighted by Crippen LogP contribution is 2.14. The molecule has 0 atom stereocenters. The van der Waals surface area contributed by atoms with Gasteiger partial charge in [0.05, 0.1) is 6.61 Å². The summed E-state index contributed by atoms with van der Waals surface area (Å²) in [4.78, 5) is 22.8. The van der Waals surface area contributed by atoms with Crippen LogP contribution < -0.4 is 5.11 Å². The summed E-state index contributed by atoms with van der Waals surface area (Å²) in [5.74, 6) is -2.33. The number of hydrogen-bond donors (Lipinski definition) is 0. The molecule has 18 heavy (non-hydrogen) atoms. The van der Waals surface area contributed by atoms with Crippen molar-refractivity contribution in [1.82, 2.24) is 0 Å². The summed E-state index contributed by atoms with van der Waals surface area (Å²) in [5.41, 5.74) is 1.27. The molecule has 0 N–H and O–H groups in total. The third kappa shape index (κ3) is 3.20. The normalized spacial score (nSPS) is 11.7. The molecule has 0 saturated heterocycles. The van der Waals surface area contributed by atoms with E-state index >= 15 is 0 Å². The molecule has 0 unspecified atom stereocenters. The maximum Gasteiger partial charge on any atom is 0.379 e. The highest BCUT2D eigenvalue weighted by molar-refractivity contribution is 6.41. The largest absolute Gasteiger partial charge is 0.872 e. The van der Waals surface area contributed by atoms with Gasteiger partial charge in [0.15, 0.2) is 0 Å². The van der Waals surface area contributed by atoms with E-state index in [-0.39, 0.29) is 12.2 Å². The predicted octanol–water partition coefficient (Wildman–Crippen LogP) is 1.22. The number of esters is 1. The first kappa shape index (κ1) is 14.0. The SMILES string of the molecule is CCOC(=O)C(=O)/C(C)=C(\[O-])c1ccc(C)cc1. The van der Waals surface area contributed by atoms with Crippen LogP contribution >= 0.6 is 0 Å². The second-order valence-electron chi connectivity index (χ2n) is 3.87. The zero-order valence-electron chi connectivity index (χ0n) is 10.6. The second kappa shape index (κ2) is 6.00. The van der Waals surface area contributed by atoms with Gasteiger partial charge < -0.3 is 9.84 Å². The number of ether oxygens (including phenoxy) is 1. The van der Waals surface area contributed by atoms with Gasteiger partial charge in [0.2, 0.25) is 0 Å². The Morgan fingerprint density at radius 3 is 2.28 bits per heavy atom. The molecular weight excluding hydrogens is 232 g/mol. The Kier molecular flexibility index (Phi) is 4.66. The number of Topliss-reactive ketones (excluding diaryl/α,β-unsaturated/α-hetero) is 1. The van der Waals surface area contributed by atoms with Gasteiger partial charge in [-0.15, -0.1) is 0 Å². The number of benzene rings is 1. The summed E-state index contributed by atoms with van der Waals surface area (Å²) in [6.45, 7) is 4.94. The average Bonchev–Trinajstić information content (AvgIpc) is 2.37. The van der Waals surface area contributed by atoms with Crippen molar-refractivity contribution in [3.63, 3.8) is 0 Å². The predicted molar refractivity (Wildman–Crippen MR) is 65.4 cm³/mol. The standard InChI is InChI=1S/C14H16O4/c1-4-18-14(17)13(16)10(3)12(15)11-7-5-9(2)6-8-11/h5-8,15H,4H2,1-3H3/p-1/b12-10-. The third-order valence-corrected chi connectivity index (χ3v) is 2.46. The highest BCUT2D eigenvalue weighted by Gasteiger charge is 2.17. The molecular formula is C14H15O4-. The monoisotopic (exact) mass is 247 g/mol. The lowest BCUT2D eigenvalue weighted by Gasteiger charge is -2.16. The molecule has 1 aromatic carbocycles. The van der Waals surface area contributed by atoms with Gasteiger partial charge in [0, 0.05) is 0 Å². The summed E-state index contributed by atoms with van der Waals surface area (Å²) >= 11 is 0. The second-order valence-corrected chi connectivity index (χ2v) is 3.87. The van der Waals surface area contributed by atoms with Crippen molar-refractivity contribution in [2.45, 2.75) is 20.8 Å². The fourth-order valence-corrected chi connectivity index (χ4v) is 1.37. The molecule has 0 aliphatic rings. The van der Waals surface area contributed by atoms with Crippen LogP contribution in [0.3, 0.4) is 0 Å². The number of carbonyl (C=O) groups excluding carboxylic acids is 2. The van der Waals surface area contributed by atoms with Gasteiger partial charge in [-0.05, 0) is 31.9 Å². The topological polar surface area (TPSA) is 66.4 Å². The van der Waals surface area contributed by atoms with E-state index in [4.69, 9.17) is 0 Å². The molecule has 0 bridgehead atoms. The van der Waals surface area contributed by atoms with Crippen LogP contribution in [0.25, 0.3) is 5.76 Å². The van der Waals surface area contributed by atoms with Crippen LogP contribution in [0.5, 0.6) is 0 Å². The molecule has 0 saturated carbocycles. The Bertz CT molecular complexity index is 483. The molecule has 1 rings (SSSR count). The minimum absolute atomic E-state index is 0.108. The fraction of sp³-hybridized carbons (Fsp3) is 0.286. The van der Waals surface area contributed by atoms with Gasteiger partial charge in [-0.25, -0.2) is 4.79 Å². The lowest BCUT2D eigenvalue weighted by Crippen LogP contribution is -2.21. The number of hydrogen-bond acceptors (Lipinski definition) is 4. The van der Waals surface area contributed by atoms with E-state index in [1.165, 1.54) is 6.92 Å². The lowest BCUT2D eigenvalue weighted by atomic mass is 10.1. The first-order valence-electron chi connectivity index (χ1n) is 5.63. The van der Waals surface area contributed by atoms with Crippen molar-refractivity contribution in [3.8, 4) is 0 Å². The Balaban J connectivity index is 3.01. The molecule has 0 amide bonds. The van der Waals surface area contributed by atoms with Gasteiger partial charge >= 0.3 is 5.97 Å². The molecule has 0 fully saturated rings. The molecule has 0 aromatic heterocycles. The maximum absolute atomic E-state index is 11.9. The highest BCUT2D eigenvalue weighted by atomic mass is 16.5. The van der Waals surface area contributed by atoms with Crippen molar-refractivity contribution in [3.05, 3.63) is 41.0 Å². The van der Waals surface area contributed by atoms with E-state index in [2.05, 4.69) is 4.74 Å². The molecule has 0 spiro atoms. The van der Waals surface area contributed by atoms with E-state index < -0.39 is 17.5 Å². The Hall–Kier alpha value is -2.10. The van der Waals surface area contributed by atoms with Crippen molar-refractivity contribution in [2.24, 2.45) is 0 Å². The average molecular weight is 247 g/mol. The Morgan fingerprint density at radius 1 is 1.22 bits per heavy atom. The number of rotatable bonds is 4. The smallest absolute Gasteiger partial charge is 0.379 e. The fourth-order valence-electron chi connectivity index (χ4n) is 1.37. The van der Waals surface area contributed by atoms with Gasteiger partial charge in [0.25, 0.3) is 5.78 Å². The van der Waals surface area contributed by atoms with Crippen LogP contribution in [0.1, 0.15) is 25.0 Å². The van der Waals surface area contributed by atoms with Crippen LogP contribution in [-0.2, 0) is 14.3 Å². The van der Waals surface area contributed by atoms with Crippen molar-refractivity contribution < 1.29 is 19.4 Å². The van der Waals surface area contributed by atoms with E-state index in [0.717, 1.165) is 5.56 Å². The number of aryl methyl sites for hydroxylation is 1. The zero-order valence-corrected chi connectivity index (χ0v) is 10.6. The summed E-state index contributed by atoms with van der Waals surface area (Å²) < 4.78 is 4.57. The Labute approximate surface area is 106 Å². The minimum atomic E-state index is -0.990. The molecule has 0 heterocycles. The van der Waals surface area contributed by atoms with Gasteiger partial charge in [-0.2, -0.15) is 0 Å². The molecule has 0 aliphatic heterocycles. The lowest BCUT2D eigenvalue weighted by molar-refractivity contribution is -0.244. The van der Waals surface area contributed by atoms with Gasteiger partial charge in [-0.3, -0.25) is 4.79 Å². The molecule has 1 aromatic rings. The Morgan fingerprint density at radius 2 is 1.78 bits per heavy atom. The quantitative estimate of drug-likeness (QED) is 0.347. The molecule has 96 valence electrons. The van der Waals surface area contributed by atoms with Crippen LogP contribution in [0, 0.1) is 6.92 Å². The number of carbonyl (C=O) groups is 2. The van der Waals surface area contributed by atoms with Crippen molar-refractivity contribution in [1.29, 1.82) is 0 Å². The molecule has 0 aliphatic carbocycles. The van der Waals surface area contributed by atoms with Gasteiger partial charge in [-0.1, -0.05) is 35.6 Å². The van der Waals surface area contributed by atoms with Crippen molar-refractivity contribution >= 4 is 17.5 Å². The summed E-state index contributed by atoms with van der Waals surface area (Å²) in [7, 11) is 0. The van der Waals surface area contributed by atoms with Crippen LogP contribution in [0.15, 0.2) is 29.8 Å². The van der Waals surface area contributed by atoms with Crippen LogP contribution in [-0.4, -0.2) is 18.4 Å². The van der Waals surface area contributed by atoms with E-state index in [1.54, 1.807) is 31.2 Å².